The van der Waals surface area contributed by atoms with Crippen LogP contribution in [0.2, 0.25) is 0 Å². The minimum atomic E-state index is -0.741. The van der Waals surface area contributed by atoms with Crippen LogP contribution in [0, 0.1) is 5.82 Å². The molecule has 5 heteroatoms. The van der Waals surface area contributed by atoms with E-state index in [0.717, 1.165) is 4.90 Å². The lowest BCUT2D eigenvalue weighted by atomic mass is 10.2. The zero-order chi connectivity index (χ0) is 15.9. The number of hydrogen-bond acceptors (Lipinski definition) is 3. The first-order chi connectivity index (χ1) is 10.6. The summed E-state index contributed by atoms with van der Waals surface area (Å²) in [6.45, 7) is 1.82. The second-order valence-electron chi connectivity index (χ2n) is 4.67. The lowest BCUT2D eigenvalue weighted by Crippen LogP contribution is -2.32. The molecule has 0 bridgehead atoms. The van der Waals surface area contributed by atoms with Gasteiger partial charge in [0.15, 0.2) is 17.7 Å². The Balaban J connectivity index is 2.07. The molecule has 0 heterocycles. The van der Waals surface area contributed by atoms with Crippen molar-refractivity contribution in [1.82, 2.24) is 0 Å². The van der Waals surface area contributed by atoms with E-state index in [1.54, 1.807) is 23.9 Å². The third kappa shape index (κ3) is 4.24. The van der Waals surface area contributed by atoms with Gasteiger partial charge in [-0.3, -0.25) is 4.79 Å². The zero-order valence-electron chi connectivity index (χ0n) is 12.5. The van der Waals surface area contributed by atoms with Crippen molar-refractivity contribution < 1.29 is 13.9 Å². The molecule has 0 radical (unpaired) electrons. The Labute approximate surface area is 133 Å². The van der Waals surface area contributed by atoms with Gasteiger partial charge in [0.25, 0.3) is 5.91 Å². The van der Waals surface area contributed by atoms with E-state index in [1.165, 1.54) is 12.1 Å². The summed E-state index contributed by atoms with van der Waals surface area (Å²) in [6, 6.07) is 13.6. The van der Waals surface area contributed by atoms with Gasteiger partial charge in [0, 0.05) is 10.6 Å². The molecule has 0 aliphatic heterocycles. The number of anilines is 1. The Morgan fingerprint density at radius 2 is 2.05 bits per heavy atom. The van der Waals surface area contributed by atoms with Crippen LogP contribution in [0.5, 0.6) is 5.75 Å². The average molecular weight is 319 g/mol. The number of benzene rings is 2. The van der Waals surface area contributed by atoms with Gasteiger partial charge < -0.3 is 10.1 Å². The van der Waals surface area contributed by atoms with E-state index in [0.29, 0.717) is 12.1 Å². The van der Waals surface area contributed by atoms with Crippen LogP contribution in [0.1, 0.15) is 13.3 Å². The highest BCUT2D eigenvalue weighted by atomic mass is 32.2. The summed E-state index contributed by atoms with van der Waals surface area (Å²) in [7, 11) is 0. The van der Waals surface area contributed by atoms with E-state index in [-0.39, 0.29) is 11.7 Å². The molecule has 0 saturated carbocycles. The smallest absolute Gasteiger partial charge is 0.265 e. The third-order valence-corrected chi connectivity index (χ3v) is 3.83. The van der Waals surface area contributed by atoms with Gasteiger partial charge in [-0.15, -0.1) is 11.8 Å². The Hall–Kier alpha value is -2.01. The van der Waals surface area contributed by atoms with Crippen LogP contribution in [0.4, 0.5) is 10.1 Å². The first kappa shape index (κ1) is 16.4. The highest BCUT2D eigenvalue weighted by Crippen LogP contribution is 2.21. The molecule has 2 aromatic carbocycles. The number of rotatable bonds is 6. The van der Waals surface area contributed by atoms with Gasteiger partial charge in [0.1, 0.15) is 0 Å². The van der Waals surface area contributed by atoms with Crippen molar-refractivity contribution in [2.45, 2.75) is 24.3 Å². The van der Waals surface area contributed by atoms with Crippen LogP contribution in [0.25, 0.3) is 0 Å². The van der Waals surface area contributed by atoms with Crippen LogP contribution in [-0.2, 0) is 4.79 Å². The zero-order valence-corrected chi connectivity index (χ0v) is 13.3. The number of carbonyl (C=O) groups is 1. The Kier molecular flexibility index (Phi) is 5.83. The summed E-state index contributed by atoms with van der Waals surface area (Å²) in [5.41, 5.74) is 0.701. The topological polar surface area (TPSA) is 38.3 Å². The van der Waals surface area contributed by atoms with Gasteiger partial charge >= 0.3 is 0 Å². The monoisotopic (exact) mass is 319 g/mol. The van der Waals surface area contributed by atoms with Gasteiger partial charge in [0.05, 0.1) is 0 Å². The second-order valence-corrected chi connectivity index (χ2v) is 5.55. The van der Waals surface area contributed by atoms with Crippen LogP contribution < -0.4 is 10.1 Å². The van der Waals surface area contributed by atoms with Crippen molar-refractivity contribution in [2.24, 2.45) is 0 Å². The minimum Gasteiger partial charge on any atom is -0.478 e. The lowest BCUT2D eigenvalue weighted by Gasteiger charge is -2.17. The molecule has 116 valence electrons. The molecular formula is C17H18FNO2S. The number of amides is 1. The van der Waals surface area contributed by atoms with Crippen LogP contribution >= 0.6 is 11.8 Å². The lowest BCUT2D eigenvalue weighted by molar-refractivity contribution is -0.122. The van der Waals surface area contributed by atoms with Gasteiger partial charge in [-0.05, 0) is 43.0 Å². The standard InChI is InChI=1S/C17H18FNO2S/c1-3-15(21-16-10-5-4-9-14(16)18)17(20)19-12-7-6-8-13(11-12)22-2/h4-11,15H,3H2,1-2H3,(H,19,20)/t15-/m1/s1. The molecule has 0 spiro atoms. The summed E-state index contributed by atoms with van der Waals surface area (Å²) >= 11 is 1.60. The SMILES string of the molecule is CC[C@@H](Oc1ccccc1F)C(=O)Nc1cccc(SC)c1. The minimum absolute atomic E-state index is 0.0855. The molecule has 3 nitrogen and oxygen atoms in total. The fraction of sp³-hybridized carbons (Fsp3) is 0.235. The summed E-state index contributed by atoms with van der Waals surface area (Å²) in [4.78, 5) is 13.3. The largest absolute Gasteiger partial charge is 0.478 e. The number of nitrogens with one attached hydrogen (secondary N) is 1. The van der Waals surface area contributed by atoms with Gasteiger partial charge in [-0.2, -0.15) is 0 Å². The van der Waals surface area contributed by atoms with E-state index >= 15 is 0 Å². The molecule has 0 fully saturated rings. The van der Waals surface area contributed by atoms with Gasteiger partial charge in [-0.25, -0.2) is 4.39 Å². The number of hydrogen-bond donors (Lipinski definition) is 1. The fourth-order valence-corrected chi connectivity index (χ4v) is 2.40. The molecule has 2 rings (SSSR count). The van der Waals surface area contributed by atoms with E-state index < -0.39 is 11.9 Å². The molecule has 0 unspecified atom stereocenters. The summed E-state index contributed by atoms with van der Waals surface area (Å²) in [5, 5.41) is 2.81. The number of para-hydroxylation sites is 1. The van der Waals surface area contributed by atoms with E-state index in [9.17, 15) is 9.18 Å². The Bertz CT molecular complexity index is 648. The molecule has 1 N–H and O–H groups in total. The maximum absolute atomic E-state index is 13.6. The maximum Gasteiger partial charge on any atom is 0.265 e. The van der Waals surface area contributed by atoms with Crippen LogP contribution in [0.15, 0.2) is 53.4 Å². The first-order valence-corrected chi connectivity index (χ1v) is 8.22. The van der Waals surface area contributed by atoms with Crippen LogP contribution in [0.3, 0.4) is 0 Å². The number of thioether (sulfide) groups is 1. The van der Waals surface area contributed by atoms with Crippen molar-refractivity contribution in [3.8, 4) is 5.75 Å². The summed E-state index contributed by atoms with van der Waals surface area (Å²) in [6.07, 6.45) is 1.68. The molecule has 1 amide bonds. The van der Waals surface area contributed by atoms with Gasteiger partial charge in [-0.1, -0.05) is 25.1 Å². The molecule has 2 aromatic rings. The van der Waals surface area contributed by atoms with E-state index in [4.69, 9.17) is 4.74 Å². The Morgan fingerprint density at radius 1 is 1.27 bits per heavy atom. The third-order valence-electron chi connectivity index (χ3n) is 3.11. The van der Waals surface area contributed by atoms with Crippen molar-refractivity contribution in [3.63, 3.8) is 0 Å². The second kappa shape index (κ2) is 7.84. The highest BCUT2D eigenvalue weighted by molar-refractivity contribution is 7.98. The number of ether oxygens (including phenoxy) is 1. The molecule has 0 aliphatic carbocycles. The fourth-order valence-electron chi connectivity index (χ4n) is 1.94. The summed E-state index contributed by atoms with van der Waals surface area (Å²) in [5.74, 6) is -0.676. The first-order valence-electron chi connectivity index (χ1n) is 7.00. The normalized spacial score (nSPS) is 11.8. The molecule has 0 saturated heterocycles. The molecule has 1 atom stereocenters. The van der Waals surface area contributed by atoms with Gasteiger partial charge in [0.2, 0.25) is 0 Å². The predicted molar refractivity (Wildman–Crippen MR) is 88.0 cm³/mol. The molecule has 0 aliphatic rings. The maximum atomic E-state index is 13.6. The van der Waals surface area contributed by atoms with E-state index in [2.05, 4.69) is 5.32 Å². The molecular weight excluding hydrogens is 301 g/mol. The van der Waals surface area contributed by atoms with Crippen LogP contribution in [-0.4, -0.2) is 18.3 Å². The number of carbonyl (C=O) groups excluding carboxylic acids is 1. The van der Waals surface area contributed by atoms with Crippen molar-refractivity contribution in [1.29, 1.82) is 0 Å². The number of halogens is 1. The molecule has 0 aromatic heterocycles. The average Bonchev–Trinajstić information content (AvgIpc) is 2.54. The van der Waals surface area contributed by atoms with Crippen molar-refractivity contribution in [3.05, 3.63) is 54.3 Å². The predicted octanol–water partition coefficient (Wildman–Crippen LogP) is 4.34. The summed E-state index contributed by atoms with van der Waals surface area (Å²) < 4.78 is 19.1. The Morgan fingerprint density at radius 3 is 2.73 bits per heavy atom. The quantitative estimate of drug-likeness (QED) is 0.805. The highest BCUT2D eigenvalue weighted by Gasteiger charge is 2.20. The van der Waals surface area contributed by atoms with Crippen molar-refractivity contribution >= 4 is 23.4 Å². The van der Waals surface area contributed by atoms with E-state index in [1.807, 2.05) is 37.4 Å². The van der Waals surface area contributed by atoms with Crippen molar-refractivity contribution in [2.75, 3.05) is 11.6 Å². The molecule has 22 heavy (non-hydrogen) atoms.